The summed E-state index contributed by atoms with van der Waals surface area (Å²) >= 11 is 0. The second-order valence-electron chi connectivity index (χ2n) is 1.84. The fourth-order valence-electron chi connectivity index (χ4n) is 0.567. The predicted molar refractivity (Wildman–Crippen MR) is 37.3 cm³/mol. The molecule has 0 aromatic rings. The average Bonchev–Trinajstić information content (AvgIpc) is 1.91. The zero-order valence-corrected chi connectivity index (χ0v) is 6.22. The Kier molecular flexibility index (Phi) is 5.99. The van der Waals surface area contributed by atoms with Gasteiger partial charge in [-0.25, -0.2) is 0 Å². The van der Waals surface area contributed by atoms with Gasteiger partial charge in [0.05, 0.1) is 12.7 Å². The monoisotopic (exact) mass is 131 g/mol. The van der Waals surface area contributed by atoms with Gasteiger partial charge in [-0.05, 0) is 13.3 Å². The number of methoxy groups -OCH3 is 1. The van der Waals surface area contributed by atoms with Crippen molar-refractivity contribution < 1.29 is 9.47 Å². The van der Waals surface area contributed by atoms with E-state index in [2.05, 4.69) is 13.8 Å². The normalized spacial score (nSPS) is 13.7. The second kappa shape index (κ2) is 6.05. The maximum Gasteiger partial charge on any atom is 0.0802 e. The first-order valence-electron chi connectivity index (χ1n) is 3.24. The fourth-order valence-corrected chi connectivity index (χ4v) is 0.567. The van der Waals surface area contributed by atoms with Gasteiger partial charge in [-0.2, -0.15) is 0 Å². The van der Waals surface area contributed by atoms with Gasteiger partial charge in [0, 0.05) is 13.7 Å². The Bertz CT molecular complexity index is 50.9. The van der Waals surface area contributed by atoms with Gasteiger partial charge in [0.25, 0.3) is 0 Å². The lowest BCUT2D eigenvalue weighted by Crippen LogP contribution is -2.16. The number of hydrogen-bond acceptors (Lipinski definition) is 2. The van der Waals surface area contributed by atoms with Gasteiger partial charge in [0.2, 0.25) is 0 Å². The van der Waals surface area contributed by atoms with Crippen LogP contribution in [0.5, 0.6) is 0 Å². The van der Waals surface area contributed by atoms with E-state index in [1.165, 1.54) is 0 Å². The van der Waals surface area contributed by atoms with Crippen LogP contribution in [0.3, 0.4) is 0 Å². The van der Waals surface area contributed by atoms with Crippen LogP contribution in [0.4, 0.5) is 0 Å². The standard InChI is InChI=1S/C7H15O2/c1-4-7(8-3)6-9-5-2/h7H,2,4-6H2,1,3H3. The Morgan fingerprint density at radius 1 is 1.56 bits per heavy atom. The molecule has 0 aromatic carbocycles. The molecule has 2 heteroatoms. The lowest BCUT2D eigenvalue weighted by Gasteiger charge is -2.11. The van der Waals surface area contributed by atoms with Crippen LogP contribution in [0.25, 0.3) is 0 Å². The third kappa shape index (κ3) is 4.43. The maximum atomic E-state index is 5.05. The van der Waals surface area contributed by atoms with E-state index in [4.69, 9.17) is 9.47 Å². The van der Waals surface area contributed by atoms with Crippen molar-refractivity contribution in [1.29, 1.82) is 0 Å². The van der Waals surface area contributed by atoms with Crippen molar-refractivity contribution in [2.24, 2.45) is 0 Å². The summed E-state index contributed by atoms with van der Waals surface area (Å²) in [4.78, 5) is 0. The zero-order valence-electron chi connectivity index (χ0n) is 6.22. The topological polar surface area (TPSA) is 18.5 Å². The van der Waals surface area contributed by atoms with E-state index in [9.17, 15) is 0 Å². The molecule has 1 atom stereocenters. The van der Waals surface area contributed by atoms with Gasteiger partial charge in [0.1, 0.15) is 0 Å². The lowest BCUT2D eigenvalue weighted by molar-refractivity contribution is 0.0153. The molecule has 0 aliphatic rings. The molecule has 0 amide bonds. The second-order valence-corrected chi connectivity index (χ2v) is 1.84. The molecule has 0 aliphatic carbocycles. The Balaban J connectivity index is 3.09. The van der Waals surface area contributed by atoms with Crippen molar-refractivity contribution in [3.63, 3.8) is 0 Å². The Labute approximate surface area is 57.2 Å². The summed E-state index contributed by atoms with van der Waals surface area (Å²) in [6, 6.07) is 0. The van der Waals surface area contributed by atoms with E-state index < -0.39 is 0 Å². The fraction of sp³-hybridized carbons (Fsp3) is 0.857. The van der Waals surface area contributed by atoms with Crippen molar-refractivity contribution in [3.05, 3.63) is 6.92 Å². The van der Waals surface area contributed by atoms with Crippen LogP contribution in [-0.2, 0) is 9.47 Å². The first-order chi connectivity index (χ1) is 4.35. The highest BCUT2D eigenvalue weighted by Gasteiger charge is 2.01. The van der Waals surface area contributed by atoms with Crippen molar-refractivity contribution in [1.82, 2.24) is 0 Å². The summed E-state index contributed by atoms with van der Waals surface area (Å²) in [5.74, 6) is 0. The van der Waals surface area contributed by atoms with Crippen molar-refractivity contribution in [2.45, 2.75) is 19.4 Å². The van der Waals surface area contributed by atoms with Crippen molar-refractivity contribution in [2.75, 3.05) is 20.3 Å². The molecule has 0 aliphatic heterocycles. The van der Waals surface area contributed by atoms with Crippen LogP contribution < -0.4 is 0 Å². The predicted octanol–water partition coefficient (Wildman–Crippen LogP) is 1.26. The van der Waals surface area contributed by atoms with E-state index in [-0.39, 0.29) is 6.10 Å². The Hall–Kier alpha value is -0.0800. The van der Waals surface area contributed by atoms with Gasteiger partial charge >= 0.3 is 0 Å². The molecule has 0 spiro atoms. The number of ether oxygens (including phenoxy) is 2. The molecule has 0 N–H and O–H groups in total. The first kappa shape index (κ1) is 8.92. The molecular weight excluding hydrogens is 116 g/mol. The number of hydrogen-bond donors (Lipinski definition) is 0. The molecule has 0 rings (SSSR count). The first-order valence-corrected chi connectivity index (χ1v) is 3.24. The van der Waals surface area contributed by atoms with Gasteiger partial charge in [-0.1, -0.05) is 6.92 Å². The van der Waals surface area contributed by atoms with Gasteiger partial charge in [-0.15, -0.1) is 0 Å². The molecular formula is C7H15O2. The molecule has 0 aromatic heterocycles. The van der Waals surface area contributed by atoms with Crippen LogP contribution in [0.1, 0.15) is 13.3 Å². The molecule has 1 unspecified atom stereocenters. The van der Waals surface area contributed by atoms with E-state index in [0.29, 0.717) is 13.2 Å². The molecule has 0 saturated heterocycles. The lowest BCUT2D eigenvalue weighted by atomic mass is 10.3. The van der Waals surface area contributed by atoms with E-state index in [1.807, 2.05) is 0 Å². The van der Waals surface area contributed by atoms with Crippen molar-refractivity contribution >= 4 is 0 Å². The quantitative estimate of drug-likeness (QED) is 0.559. The third-order valence-electron chi connectivity index (χ3n) is 1.24. The molecule has 9 heavy (non-hydrogen) atoms. The Morgan fingerprint density at radius 3 is 2.56 bits per heavy atom. The van der Waals surface area contributed by atoms with Gasteiger partial charge in [-0.3, -0.25) is 0 Å². The molecule has 0 saturated carbocycles. The summed E-state index contributed by atoms with van der Waals surface area (Å²) in [5, 5.41) is 0. The smallest absolute Gasteiger partial charge is 0.0802 e. The summed E-state index contributed by atoms with van der Waals surface area (Å²) in [6.45, 7) is 6.81. The molecule has 0 heterocycles. The Morgan fingerprint density at radius 2 is 2.22 bits per heavy atom. The molecule has 0 fully saturated rings. The number of rotatable bonds is 5. The highest BCUT2D eigenvalue weighted by atomic mass is 16.5. The zero-order chi connectivity index (χ0) is 7.11. The molecule has 55 valence electrons. The summed E-state index contributed by atoms with van der Waals surface area (Å²) < 4.78 is 10.1. The third-order valence-corrected chi connectivity index (χ3v) is 1.24. The highest BCUT2D eigenvalue weighted by Crippen LogP contribution is 1.95. The van der Waals surface area contributed by atoms with Crippen LogP contribution >= 0.6 is 0 Å². The minimum atomic E-state index is 0.242. The molecule has 2 nitrogen and oxygen atoms in total. The summed E-state index contributed by atoms with van der Waals surface area (Å²) in [5.41, 5.74) is 0. The van der Waals surface area contributed by atoms with E-state index >= 15 is 0 Å². The van der Waals surface area contributed by atoms with Gasteiger partial charge < -0.3 is 9.47 Å². The largest absolute Gasteiger partial charge is 0.379 e. The molecule has 1 radical (unpaired) electrons. The van der Waals surface area contributed by atoms with Crippen LogP contribution in [-0.4, -0.2) is 26.4 Å². The maximum absolute atomic E-state index is 5.05. The highest BCUT2D eigenvalue weighted by molar-refractivity contribution is 4.51. The molecule has 0 bridgehead atoms. The minimum absolute atomic E-state index is 0.242. The van der Waals surface area contributed by atoms with Gasteiger partial charge in [0.15, 0.2) is 0 Å². The SMILES string of the molecule is [CH2]COCC(CC)OC. The minimum Gasteiger partial charge on any atom is -0.379 e. The average molecular weight is 131 g/mol. The summed E-state index contributed by atoms with van der Waals surface area (Å²) in [7, 11) is 1.70. The van der Waals surface area contributed by atoms with E-state index in [1.54, 1.807) is 7.11 Å². The summed E-state index contributed by atoms with van der Waals surface area (Å²) in [6.07, 6.45) is 1.24. The van der Waals surface area contributed by atoms with Crippen LogP contribution in [0.15, 0.2) is 0 Å². The van der Waals surface area contributed by atoms with E-state index in [0.717, 1.165) is 6.42 Å². The van der Waals surface area contributed by atoms with Crippen LogP contribution in [0, 0.1) is 6.92 Å². The van der Waals surface area contributed by atoms with Crippen molar-refractivity contribution in [3.8, 4) is 0 Å². The van der Waals surface area contributed by atoms with Crippen LogP contribution in [0.2, 0.25) is 0 Å².